The van der Waals surface area contributed by atoms with E-state index < -0.39 is 0 Å². The van der Waals surface area contributed by atoms with Crippen molar-refractivity contribution in [2.24, 2.45) is 5.92 Å². The molecule has 0 bridgehead atoms. The van der Waals surface area contributed by atoms with Crippen molar-refractivity contribution in [3.05, 3.63) is 34.1 Å². The molecule has 1 aromatic rings. The van der Waals surface area contributed by atoms with Gasteiger partial charge in [0.25, 0.3) is 5.91 Å². The summed E-state index contributed by atoms with van der Waals surface area (Å²) in [6.45, 7) is 3.67. The Morgan fingerprint density at radius 1 is 1.53 bits per heavy atom. The van der Waals surface area contributed by atoms with Gasteiger partial charge in [-0.3, -0.25) is 4.79 Å². The maximum atomic E-state index is 13.4. The van der Waals surface area contributed by atoms with Gasteiger partial charge in [0.15, 0.2) is 0 Å². The Morgan fingerprint density at radius 3 is 3.00 bits per heavy atom. The number of hydrogen-bond donors (Lipinski definition) is 0. The van der Waals surface area contributed by atoms with Crippen molar-refractivity contribution in [2.45, 2.75) is 19.8 Å². The van der Waals surface area contributed by atoms with E-state index >= 15 is 0 Å². The highest BCUT2D eigenvalue weighted by Crippen LogP contribution is 2.24. The summed E-state index contributed by atoms with van der Waals surface area (Å²) in [5, 5.41) is 0. The van der Waals surface area contributed by atoms with Crippen LogP contribution < -0.4 is 0 Å². The molecule has 0 saturated carbocycles. The molecule has 1 fully saturated rings. The minimum absolute atomic E-state index is 0.0806. The maximum Gasteiger partial charge on any atom is 0.255 e. The van der Waals surface area contributed by atoms with E-state index in [-0.39, 0.29) is 16.2 Å². The van der Waals surface area contributed by atoms with Crippen molar-refractivity contribution in [3.8, 4) is 0 Å². The molecule has 0 aliphatic carbocycles. The average molecular weight is 300 g/mol. The molecular weight excluding hydrogens is 285 g/mol. The quantitative estimate of drug-likeness (QED) is 0.778. The summed E-state index contributed by atoms with van der Waals surface area (Å²) in [4.78, 5) is 14.1. The van der Waals surface area contributed by atoms with Gasteiger partial charge in [0, 0.05) is 13.1 Å². The summed E-state index contributed by atoms with van der Waals surface area (Å²) in [5.41, 5.74) is 0.416. The van der Waals surface area contributed by atoms with E-state index in [0.717, 1.165) is 25.9 Å². The Bertz CT molecular complexity index is 435. The van der Waals surface area contributed by atoms with Gasteiger partial charge in [0.1, 0.15) is 5.82 Å². The Balaban J connectivity index is 2.22. The van der Waals surface area contributed by atoms with Gasteiger partial charge in [-0.15, -0.1) is 0 Å². The zero-order valence-corrected chi connectivity index (χ0v) is 11.3. The topological polar surface area (TPSA) is 20.3 Å². The van der Waals surface area contributed by atoms with Crippen LogP contribution in [0.3, 0.4) is 0 Å². The Labute approximate surface area is 109 Å². The van der Waals surface area contributed by atoms with Crippen LogP contribution in [0, 0.1) is 11.7 Å². The van der Waals surface area contributed by atoms with Crippen LogP contribution >= 0.6 is 15.9 Å². The molecule has 1 aliphatic rings. The van der Waals surface area contributed by atoms with E-state index in [1.165, 1.54) is 6.07 Å². The van der Waals surface area contributed by atoms with Gasteiger partial charge in [0.05, 0.1) is 10.0 Å². The first-order chi connectivity index (χ1) is 8.09. The zero-order valence-electron chi connectivity index (χ0n) is 9.75. The van der Waals surface area contributed by atoms with Crippen molar-refractivity contribution >= 4 is 21.8 Å². The molecule has 1 amide bonds. The van der Waals surface area contributed by atoms with E-state index in [9.17, 15) is 9.18 Å². The molecule has 1 saturated heterocycles. The normalized spacial score (nSPS) is 20.4. The van der Waals surface area contributed by atoms with Crippen LogP contribution in [0.5, 0.6) is 0 Å². The fourth-order valence-corrected chi connectivity index (χ4v) is 2.65. The number of carbonyl (C=O) groups excluding carboxylic acids is 1. The van der Waals surface area contributed by atoms with Gasteiger partial charge in [-0.2, -0.15) is 0 Å². The van der Waals surface area contributed by atoms with E-state index in [2.05, 4.69) is 22.9 Å². The lowest BCUT2D eigenvalue weighted by Crippen LogP contribution is -2.39. The largest absolute Gasteiger partial charge is 0.338 e. The number of nitrogens with zero attached hydrogens (tertiary/aromatic N) is 1. The number of rotatable bonds is 1. The second-order valence-corrected chi connectivity index (χ2v) is 5.39. The van der Waals surface area contributed by atoms with Gasteiger partial charge in [0.2, 0.25) is 0 Å². The molecule has 4 heteroatoms. The lowest BCUT2D eigenvalue weighted by molar-refractivity contribution is 0.0681. The van der Waals surface area contributed by atoms with Crippen molar-refractivity contribution in [2.75, 3.05) is 13.1 Å². The highest BCUT2D eigenvalue weighted by Gasteiger charge is 2.24. The number of hydrogen-bond acceptors (Lipinski definition) is 1. The van der Waals surface area contributed by atoms with E-state index in [4.69, 9.17) is 0 Å². The summed E-state index contributed by atoms with van der Waals surface area (Å²) in [6.07, 6.45) is 2.19. The molecule has 0 spiro atoms. The van der Waals surface area contributed by atoms with Gasteiger partial charge in [-0.1, -0.05) is 13.0 Å². The molecule has 1 aromatic carbocycles. The van der Waals surface area contributed by atoms with Gasteiger partial charge in [-0.25, -0.2) is 4.39 Å². The molecular formula is C13H15BrFNO. The Morgan fingerprint density at radius 2 is 2.29 bits per heavy atom. The first-order valence-corrected chi connectivity index (χ1v) is 6.62. The SMILES string of the molecule is CC1CCCN(C(=O)c2cccc(F)c2Br)C1. The second kappa shape index (κ2) is 5.17. The van der Waals surface area contributed by atoms with Gasteiger partial charge >= 0.3 is 0 Å². The maximum absolute atomic E-state index is 13.4. The predicted octanol–water partition coefficient (Wildman–Crippen LogP) is 3.46. The summed E-state index contributed by atoms with van der Waals surface area (Å²) < 4.78 is 13.6. The monoisotopic (exact) mass is 299 g/mol. The molecule has 1 aliphatic heterocycles. The first kappa shape index (κ1) is 12.6. The van der Waals surface area contributed by atoms with E-state index in [1.807, 2.05) is 4.90 Å². The van der Waals surface area contributed by atoms with Crippen molar-refractivity contribution in [1.29, 1.82) is 0 Å². The van der Waals surface area contributed by atoms with Crippen LogP contribution in [0.15, 0.2) is 22.7 Å². The minimum atomic E-state index is -0.388. The fourth-order valence-electron chi connectivity index (χ4n) is 2.21. The lowest BCUT2D eigenvalue weighted by Gasteiger charge is -2.31. The minimum Gasteiger partial charge on any atom is -0.338 e. The third-order valence-corrected chi connectivity index (χ3v) is 3.93. The fraction of sp³-hybridized carbons (Fsp3) is 0.462. The molecule has 0 aromatic heterocycles. The zero-order chi connectivity index (χ0) is 12.4. The number of benzene rings is 1. The first-order valence-electron chi connectivity index (χ1n) is 5.83. The third-order valence-electron chi connectivity index (χ3n) is 3.13. The molecule has 1 unspecified atom stereocenters. The van der Waals surface area contributed by atoms with Gasteiger partial charge < -0.3 is 4.90 Å². The number of carbonyl (C=O) groups is 1. The molecule has 1 heterocycles. The highest BCUT2D eigenvalue weighted by molar-refractivity contribution is 9.10. The molecule has 2 rings (SSSR count). The summed E-state index contributed by atoms with van der Waals surface area (Å²) in [6, 6.07) is 4.58. The molecule has 17 heavy (non-hydrogen) atoms. The van der Waals surface area contributed by atoms with Crippen LogP contribution in [0.25, 0.3) is 0 Å². The lowest BCUT2D eigenvalue weighted by atomic mass is 9.99. The van der Waals surface area contributed by atoms with Crippen LogP contribution in [-0.2, 0) is 0 Å². The number of piperidine rings is 1. The van der Waals surface area contributed by atoms with Gasteiger partial charge in [-0.05, 0) is 46.8 Å². The van der Waals surface area contributed by atoms with Crippen LogP contribution in [-0.4, -0.2) is 23.9 Å². The smallest absolute Gasteiger partial charge is 0.255 e. The van der Waals surface area contributed by atoms with Crippen LogP contribution in [0.2, 0.25) is 0 Å². The Kier molecular flexibility index (Phi) is 3.82. The van der Waals surface area contributed by atoms with E-state index in [0.29, 0.717) is 11.5 Å². The summed E-state index contributed by atoms with van der Waals surface area (Å²) >= 11 is 3.14. The number of amides is 1. The van der Waals surface area contributed by atoms with Crippen molar-refractivity contribution in [3.63, 3.8) is 0 Å². The third kappa shape index (κ3) is 2.68. The van der Waals surface area contributed by atoms with Crippen molar-refractivity contribution < 1.29 is 9.18 Å². The second-order valence-electron chi connectivity index (χ2n) is 4.60. The van der Waals surface area contributed by atoms with Crippen molar-refractivity contribution in [1.82, 2.24) is 4.90 Å². The van der Waals surface area contributed by atoms with Crippen LogP contribution in [0.1, 0.15) is 30.1 Å². The van der Waals surface area contributed by atoms with Crippen LogP contribution in [0.4, 0.5) is 4.39 Å². The average Bonchev–Trinajstić information content (AvgIpc) is 2.32. The number of likely N-dealkylation sites (tertiary alicyclic amines) is 1. The standard InChI is InChI=1S/C13H15BrFNO/c1-9-4-3-7-16(8-9)13(17)10-5-2-6-11(15)12(10)14/h2,5-6,9H,3-4,7-8H2,1H3. The Hall–Kier alpha value is -0.900. The number of halogens is 2. The molecule has 2 nitrogen and oxygen atoms in total. The summed E-state index contributed by atoms with van der Waals surface area (Å²) in [7, 11) is 0. The molecule has 1 atom stereocenters. The molecule has 0 N–H and O–H groups in total. The molecule has 92 valence electrons. The molecule has 0 radical (unpaired) electrons. The highest BCUT2D eigenvalue weighted by atomic mass is 79.9. The summed E-state index contributed by atoms with van der Waals surface area (Å²) in [5.74, 6) is 0.0591. The van der Waals surface area contributed by atoms with E-state index in [1.54, 1.807) is 12.1 Å². The predicted molar refractivity (Wildman–Crippen MR) is 68.4 cm³/mol.